The Balaban J connectivity index is 2.49. The van der Waals surface area contributed by atoms with E-state index in [2.05, 4.69) is 10.2 Å². The minimum Gasteiger partial charge on any atom is -0.369 e. The van der Waals surface area contributed by atoms with Crippen LogP contribution in [0.5, 0.6) is 0 Å². The fourth-order valence-electron chi connectivity index (χ4n) is 1.70. The van der Waals surface area contributed by atoms with Gasteiger partial charge in [-0.2, -0.15) is 0 Å². The number of rotatable bonds is 3. The molecule has 4 N–H and O–H groups in total. The second-order valence-electron chi connectivity index (χ2n) is 4.21. The number of nitrogens with zero attached hydrogens (tertiary/aromatic N) is 2. The lowest BCUT2D eigenvalue weighted by Crippen LogP contribution is -2.22. The highest BCUT2D eigenvalue weighted by Crippen LogP contribution is 2.12. The quantitative estimate of drug-likeness (QED) is 0.498. The van der Waals surface area contributed by atoms with Gasteiger partial charge in [0.15, 0.2) is 0 Å². The molecule has 0 saturated heterocycles. The third-order valence-electron chi connectivity index (χ3n) is 2.64. The zero-order valence-electron chi connectivity index (χ0n) is 10.7. The summed E-state index contributed by atoms with van der Waals surface area (Å²) in [5.74, 6) is -0.0551. The smallest absolute Gasteiger partial charge is 0.211 e. The summed E-state index contributed by atoms with van der Waals surface area (Å²) < 4.78 is 0. The SMILES string of the molecule is Cc1ccc(/C(=N/N=C(N)N)c2ccccc2)cc1. The zero-order valence-corrected chi connectivity index (χ0v) is 10.7. The van der Waals surface area contributed by atoms with Crippen LogP contribution in [-0.2, 0) is 0 Å². The van der Waals surface area contributed by atoms with Crippen molar-refractivity contribution in [3.8, 4) is 0 Å². The summed E-state index contributed by atoms with van der Waals surface area (Å²) in [6.45, 7) is 2.04. The summed E-state index contributed by atoms with van der Waals surface area (Å²) in [7, 11) is 0. The average molecular weight is 252 g/mol. The first-order chi connectivity index (χ1) is 9.16. The highest BCUT2D eigenvalue weighted by Gasteiger charge is 2.06. The lowest BCUT2D eigenvalue weighted by molar-refractivity contribution is 1.20. The van der Waals surface area contributed by atoms with E-state index < -0.39 is 0 Å². The van der Waals surface area contributed by atoms with E-state index in [0.717, 1.165) is 16.8 Å². The summed E-state index contributed by atoms with van der Waals surface area (Å²) in [6, 6.07) is 17.9. The van der Waals surface area contributed by atoms with Gasteiger partial charge in [-0.3, -0.25) is 0 Å². The van der Waals surface area contributed by atoms with Gasteiger partial charge in [-0.1, -0.05) is 60.2 Å². The van der Waals surface area contributed by atoms with Crippen molar-refractivity contribution in [2.75, 3.05) is 0 Å². The van der Waals surface area contributed by atoms with Gasteiger partial charge in [0.05, 0.1) is 0 Å². The van der Waals surface area contributed by atoms with Crippen molar-refractivity contribution in [3.63, 3.8) is 0 Å². The Kier molecular flexibility index (Phi) is 3.93. The Morgan fingerprint density at radius 1 is 0.789 bits per heavy atom. The number of hydrogen-bond donors (Lipinski definition) is 2. The molecule has 0 aromatic heterocycles. The summed E-state index contributed by atoms with van der Waals surface area (Å²) in [5.41, 5.74) is 14.6. The van der Waals surface area contributed by atoms with Crippen LogP contribution < -0.4 is 11.5 Å². The monoisotopic (exact) mass is 252 g/mol. The van der Waals surface area contributed by atoms with Gasteiger partial charge in [0.25, 0.3) is 0 Å². The molecule has 2 rings (SSSR count). The van der Waals surface area contributed by atoms with Gasteiger partial charge in [0.2, 0.25) is 5.96 Å². The highest BCUT2D eigenvalue weighted by molar-refractivity contribution is 6.13. The molecule has 0 saturated carbocycles. The van der Waals surface area contributed by atoms with E-state index >= 15 is 0 Å². The molecule has 0 atom stereocenters. The maximum absolute atomic E-state index is 5.34. The van der Waals surface area contributed by atoms with Crippen molar-refractivity contribution in [1.29, 1.82) is 0 Å². The normalized spacial score (nSPS) is 11.1. The third kappa shape index (κ3) is 3.42. The van der Waals surface area contributed by atoms with E-state index in [4.69, 9.17) is 11.5 Å². The maximum atomic E-state index is 5.34. The molecular weight excluding hydrogens is 236 g/mol. The summed E-state index contributed by atoms with van der Waals surface area (Å²) in [6.07, 6.45) is 0. The minimum atomic E-state index is -0.0551. The van der Waals surface area contributed by atoms with Crippen molar-refractivity contribution in [2.45, 2.75) is 6.92 Å². The van der Waals surface area contributed by atoms with Crippen LogP contribution in [-0.4, -0.2) is 11.7 Å². The molecule has 0 bridgehead atoms. The van der Waals surface area contributed by atoms with Crippen molar-refractivity contribution < 1.29 is 0 Å². The van der Waals surface area contributed by atoms with E-state index in [1.165, 1.54) is 5.56 Å². The molecule has 2 aromatic carbocycles. The van der Waals surface area contributed by atoms with E-state index in [1.807, 2.05) is 61.5 Å². The van der Waals surface area contributed by atoms with Gasteiger partial charge in [-0.25, -0.2) is 0 Å². The van der Waals surface area contributed by atoms with Crippen LogP contribution in [0.15, 0.2) is 64.8 Å². The van der Waals surface area contributed by atoms with Crippen LogP contribution >= 0.6 is 0 Å². The van der Waals surface area contributed by atoms with Crippen molar-refractivity contribution in [1.82, 2.24) is 0 Å². The molecule has 0 aliphatic rings. The Hall–Kier alpha value is -2.62. The zero-order chi connectivity index (χ0) is 13.7. The molecule has 0 amide bonds. The highest BCUT2D eigenvalue weighted by atomic mass is 15.3. The third-order valence-corrected chi connectivity index (χ3v) is 2.64. The topological polar surface area (TPSA) is 76.8 Å². The van der Waals surface area contributed by atoms with E-state index in [0.29, 0.717) is 0 Å². The lowest BCUT2D eigenvalue weighted by atomic mass is 10.0. The molecule has 0 aliphatic heterocycles. The molecule has 0 radical (unpaired) electrons. The van der Waals surface area contributed by atoms with Gasteiger partial charge < -0.3 is 11.5 Å². The molecule has 2 aromatic rings. The molecule has 0 fully saturated rings. The largest absolute Gasteiger partial charge is 0.369 e. The summed E-state index contributed by atoms with van der Waals surface area (Å²) >= 11 is 0. The Labute approximate surface area is 112 Å². The molecule has 96 valence electrons. The van der Waals surface area contributed by atoms with Gasteiger partial charge in [-0.05, 0) is 6.92 Å². The van der Waals surface area contributed by atoms with Gasteiger partial charge in [0, 0.05) is 11.1 Å². The van der Waals surface area contributed by atoms with Crippen LogP contribution in [0, 0.1) is 6.92 Å². The number of nitrogens with two attached hydrogens (primary N) is 2. The fourth-order valence-corrected chi connectivity index (χ4v) is 1.70. The maximum Gasteiger partial charge on any atom is 0.211 e. The Morgan fingerprint density at radius 2 is 1.37 bits per heavy atom. The molecule has 0 unspecified atom stereocenters. The van der Waals surface area contributed by atoms with Gasteiger partial charge >= 0.3 is 0 Å². The minimum absolute atomic E-state index is 0.0551. The molecule has 0 heterocycles. The predicted molar refractivity (Wildman–Crippen MR) is 79.1 cm³/mol. The first kappa shape index (κ1) is 12.8. The first-order valence-corrected chi connectivity index (χ1v) is 5.96. The number of aryl methyl sites for hydroxylation is 1. The Morgan fingerprint density at radius 3 is 1.95 bits per heavy atom. The predicted octanol–water partition coefficient (Wildman–Crippen LogP) is 2.02. The lowest BCUT2D eigenvalue weighted by Gasteiger charge is -2.06. The molecule has 4 nitrogen and oxygen atoms in total. The van der Waals surface area contributed by atoms with Crippen molar-refractivity contribution >= 4 is 11.7 Å². The van der Waals surface area contributed by atoms with Crippen LogP contribution in [0.1, 0.15) is 16.7 Å². The molecule has 4 heteroatoms. The van der Waals surface area contributed by atoms with Crippen LogP contribution in [0.4, 0.5) is 0 Å². The van der Waals surface area contributed by atoms with E-state index in [9.17, 15) is 0 Å². The Bertz CT molecular complexity index is 594. The molecular formula is C15H16N4. The van der Waals surface area contributed by atoms with Crippen LogP contribution in [0.25, 0.3) is 0 Å². The van der Waals surface area contributed by atoms with Gasteiger partial charge in [-0.15, -0.1) is 10.2 Å². The fraction of sp³-hybridized carbons (Fsp3) is 0.0667. The standard InChI is InChI=1S/C15H16N4/c1-11-7-9-13(10-8-11)14(18-19-15(16)17)12-5-3-2-4-6-12/h2-10H,1H3,(H4,16,17,19)/b18-14+. The van der Waals surface area contributed by atoms with Gasteiger partial charge in [0.1, 0.15) is 5.71 Å². The number of benzene rings is 2. The summed E-state index contributed by atoms with van der Waals surface area (Å²) in [5, 5.41) is 7.91. The van der Waals surface area contributed by atoms with Crippen molar-refractivity contribution in [3.05, 3.63) is 71.3 Å². The van der Waals surface area contributed by atoms with E-state index in [1.54, 1.807) is 0 Å². The van der Waals surface area contributed by atoms with E-state index in [-0.39, 0.29) is 5.96 Å². The average Bonchev–Trinajstić information content (AvgIpc) is 2.42. The molecule has 19 heavy (non-hydrogen) atoms. The molecule has 0 aliphatic carbocycles. The second-order valence-corrected chi connectivity index (χ2v) is 4.21. The molecule has 0 spiro atoms. The second kappa shape index (κ2) is 5.82. The first-order valence-electron chi connectivity index (χ1n) is 5.96. The summed E-state index contributed by atoms with van der Waals surface area (Å²) in [4.78, 5) is 0. The number of hydrogen-bond acceptors (Lipinski definition) is 2. The van der Waals surface area contributed by atoms with Crippen LogP contribution in [0.3, 0.4) is 0 Å². The number of guanidine groups is 1. The van der Waals surface area contributed by atoms with Crippen LogP contribution in [0.2, 0.25) is 0 Å². The van der Waals surface area contributed by atoms with Crippen molar-refractivity contribution in [2.24, 2.45) is 21.7 Å².